The summed E-state index contributed by atoms with van der Waals surface area (Å²) in [6.07, 6.45) is 7.21. The van der Waals surface area contributed by atoms with Crippen LogP contribution in [0.2, 0.25) is 5.02 Å². The highest BCUT2D eigenvalue weighted by molar-refractivity contribution is 6.30. The highest BCUT2D eigenvalue weighted by Gasteiger charge is 2.36. The second-order valence-corrected chi connectivity index (χ2v) is 6.32. The molecule has 2 N–H and O–H groups in total. The zero-order valence-corrected chi connectivity index (χ0v) is 13.9. The molecular formula is C17H18ClN3O3. The van der Waals surface area contributed by atoms with Crippen LogP contribution in [0.4, 0.5) is 0 Å². The molecule has 2 aromatic rings. The summed E-state index contributed by atoms with van der Waals surface area (Å²) >= 11 is 5.90. The molecule has 1 saturated carbocycles. The minimum absolute atomic E-state index is 0.144. The van der Waals surface area contributed by atoms with Gasteiger partial charge in [-0.05, 0) is 36.5 Å². The number of halogens is 1. The number of pyridine rings is 2. The minimum Gasteiger partial charge on any atom is -0.495 e. The van der Waals surface area contributed by atoms with Gasteiger partial charge in [0.2, 0.25) is 0 Å². The molecule has 6 nitrogen and oxygen atoms in total. The molecule has 1 amide bonds. The predicted octanol–water partition coefficient (Wildman–Crippen LogP) is 2.38. The second-order valence-electron chi connectivity index (χ2n) is 5.89. The van der Waals surface area contributed by atoms with Gasteiger partial charge in [0.15, 0.2) is 0 Å². The zero-order valence-electron chi connectivity index (χ0n) is 13.1. The Balaban J connectivity index is 1.83. The van der Waals surface area contributed by atoms with Crippen LogP contribution >= 0.6 is 11.6 Å². The van der Waals surface area contributed by atoms with E-state index in [1.54, 1.807) is 25.6 Å². The number of aliphatic hydroxyl groups is 1. The molecule has 1 fully saturated rings. The standard InChI is InChI=1S/C17H18ClN3O3/c1-24-15-5-11(6-20-9-15)16(10-3-14(22)4-10)21-17(23)12-2-13(18)8-19-7-12/h2,5-10,14,16,22H,3-4H2,1H3,(H,21,23). The average molecular weight is 348 g/mol. The first kappa shape index (κ1) is 16.7. The van der Waals surface area contributed by atoms with Gasteiger partial charge in [-0.25, -0.2) is 0 Å². The van der Waals surface area contributed by atoms with Gasteiger partial charge in [-0.3, -0.25) is 14.8 Å². The molecule has 2 aromatic heterocycles. The van der Waals surface area contributed by atoms with Crippen LogP contribution in [0.1, 0.15) is 34.8 Å². The van der Waals surface area contributed by atoms with Crippen LogP contribution in [-0.2, 0) is 0 Å². The SMILES string of the molecule is COc1cncc(C(NC(=O)c2cncc(Cl)c2)C2CC(O)C2)c1. The van der Waals surface area contributed by atoms with Crippen molar-refractivity contribution in [2.75, 3.05) is 7.11 Å². The van der Waals surface area contributed by atoms with E-state index in [1.807, 2.05) is 6.07 Å². The van der Waals surface area contributed by atoms with E-state index >= 15 is 0 Å². The van der Waals surface area contributed by atoms with E-state index in [2.05, 4.69) is 15.3 Å². The molecule has 3 rings (SSSR count). The van der Waals surface area contributed by atoms with E-state index in [4.69, 9.17) is 16.3 Å². The Morgan fingerprint density at radius 2 is 2.04 bits per heavy atom. The third kappa shape index (κ3) is 3.66. The summed E-state index contributed by atoms with van der Waals surface area (Å²) in [6.45, 7) is 0. The molecule has 24 heavy (non-hydrogen) atoms. The number of amides is 1. The quantitative estimate of drug-likeness (QED) is 0.867. The van der Waals surface area contributed by atoms with Gasteiger partial charge in [0.1, 0.15) is 5.75 Å². The Labute approximate surface area is 144 Å². The number of hydrogen-bond donors (Lipinski definition) is 2. The third-order valence-electron chi connectivity index (χ3n) is 4.20. The maximum Gasteiger partial charge on any atom is 0.253 e. The number of methoxy groups -OCH3 is 1. The van der Waals surface area contributed by atoms with Crippen molar-refractivity contribution in [2.24, 2.45) is 5.92 Å². The summed E-state index contributed by atoms with van der Waals surface area (Å²) < 4.78 is 5.21. The van der Waals surface area contributed by atoms with Gasteiger partial charge in [-0.1, -0.05) is 11.6 Å². The monoisotopic (exact) mass is 347 g/mol. The van der Waals surface area contributed by atoms with Crippen LogP contribution in [0.5, 0.6) is 5.75 Å². The first-order valence-corrected chi connectivity index (χ1v) is 8.03. The fraction of sp³-hybridized carbons (Fsp3) is 0.353. The van der Waals surface area contributed by atoms with Crippen molar-refractivity contribution in [1.82, 2.24) is 15.3 Å². The van der Waals surface area contributed by atoms with Crippen molar-refractivity contribution < 1.29 is 14.6 Å². The van der Waals surface area contributed by atoms with Gasteiger partial charge in [0, 0.05) is 18.6 Å². The molecule has 126 valence electrons. The maximum absolute atomic E-state index is 12.5. The van der Waals surface area contributed by atoms with E-state index in [-0.39, 0.29) is 24.0 Å². The summed E-state index contributed by atoms with van der Waals surface area (Å²) in [5.41, 5.74) is 1.23. The molecule has 0 spiro atoms. The molecule has 0 saturated heterocycles. The lowest BCUT2D eigenvalue weighted by Gasteiger charge is -2.38. The van der Waals surface area contributed by atoms with Crippen LogP contribution in [0.3, 0.4) is 0 Å². The summed E-state index contributed by atoms with van der Waals surface area (Å²) in [6, 6.07) is 3.15. The number of nitrogens with zero attached hydrogens (tertiary/aromatic N) is 2. The Hall–Kier alpha value is -2.18. The van der Waals surface area contributed by atoms with Gasteiger partial charge in [-0.2, -0.15) is 0 Å². The lowest BCUT2D eigenvalue weighted by Crippen LogP contribution is -2.41. The molecule has 1 atom stereocenters. The van der Waals surface area contributed by atoms with Gasteiger partial charge < -0.3 is 15.2 Å². The van der Waals surface area contributed by atoms with Gasteiger partial charge in [0.25, 0.3) is 5.91 Å². The normalized spacial score (nSPS) is 20.8. The van der Waals surface area contributed by atoms with Crippen molar-refractivity contribution in [3.63, 3.8) is 0 Å². The number of aromatic nitrogens is 2. The maximum atomic E-state index is 12.5. The summed E-state index contributed by atoms with van der Waals surface area (Å²) in [5, 5.41) is 13.0. The van der Waals surface area contributed by atoms with E-state index in [1.165, 1.54) is 12.4 Å². The van der Waals surface area contributed by atoms with Crippen molar-refractivity contribution in [2.45, 2.75) is 25.0 Å². The van der Waals surface area contributed by atoms with Gasteiger partial charge in [-0.15, -0.1) is 0 Å². The Kier molecular flexibility index (Phi) is 4.97. The topological polar surface area (TPSA) is 84.3 Å². The third-order valence-corrected chi connectivity index (χ3v) is 4.41. The lowest BCUT2D eigenvalue weighted by atomic mass is 9.75. The van der Waals surface area contributed by atoms with E-state index in [0.717, 1.165) is 5.56 Å². The Morgan fingerprint density at radius 1 is 1.29 bits per heavy atom. The largest absolute Gasteiger partial charge is 0.495 e. The smallest absolute Gasteiger partial charge is 0.253 e. The van der Waals surface area contributed by atoms with Crippen molar-refractivity contribution in [3.8, 4) is 5.75 Å². The van der Waals surface area contributed by atoms with Crippen LogP contribution in [0, 0.1) is 5.92 Å². The molecule has 1 aliphatic rings. The zero-order chi connectivity index (χ0) is 17.1. The van der Waals surface area contributed by atoms with Crippen LogP contribution in [0.15, 0.2) is 36.9 Å². The first-order valence-electron chi connectivity index (χ1n) is 7.65. The average Bonchev–Trinajstić information content (AvgIpc) is 2.57. The van der Waals surface area contributed by atoms with Crippen LogP contribution in [-0.4, -0.2) is 34.2 Å². The molecule has 7 heteroatoms. The summed E-state index contributed by atoms with van der Waals surface area (Å²) in [5.74, 6) is 0.500. The Morgan fingerprint density at radius 3 is 2.71 bits per heavy atom. The lowest BCUT2D eigenvalue weighted by molar-refractivity contribution is 0.0234. The second kappa shape index (κ2) is 7.15. The minimum atomic E-state index is -0.319. The first-order chi connectivity index (χ1) is 11.6. The predicted molar refractivity (Wildman–Crippen MR) is 89.0 cm³/mol. The van der Waals surface area contributed by atoms with Crippen molar-refractivity contribution in [1.29, 1.82) is 0 Å². The number of rotatable bonds is 5. The highest BCUT2D eigenvalue weighted by Crippen LogP contribution is 2.38. The number of ether oxygens (including phenoxy) is 1. The van der Waals surface area contributed by atoms with Gasteiger partial charge in [0.05, 0.1) is 36.0 Å². The molecular weight excluding hydrogens is 330 g/mol. The molecule has 0 radical (unpaired) electrons. The fourth-order valence-electron chi connectivity index (χ4n) is 2.85. The number of carbonyl (C=O) groups is 1. The Bertz CT molecular complexity index is 735. The highest BCUT2D eigenvalue weighted by atomic mass is 35.5. The van der Waals surface area contributed by atoms with Crippen LogP contribution < -0.4 is 10.1 Å². The molecule has 2 heterocycles. The van der Waals surface area contributed by atoms with Gasteiger partial charge >= 0.3 is 0 Å². The van der Waals surface area contributed by atoms with E-state index < -0.39 is 0 Å². The molecule has 1 unspecified atom stereocenters. The number of carbonyl (C=O) groups excluding carboxylic acids is 1. The van der Waals surface area contributed by atoms with Crippen LogP contribution in [0.25, 0.3) is 0 Å². The van der Waals surface area contributed by atoms with Crippen molar-refractivity contribution in [3.05, 3.63) is 53.1 Å². The number of aliphatic hydroxyl groups excluding tert-OH is 1. The summed E-state index contributed by atoms with van der Waals surface area (Å²) in [4.78, 5) is 20.6. The molecule has 0 aromatic carbocycles. The molecule has 0 bridgehead atoms. The van der Waals surface area contributed by atoms with Crippen molar-refractivity contribution >= 4 is 17.5 Å². The molecule has 0 aliphatic heterocycles. The number of nitrogens with one attached hydrogen (secondary N) is 1. The molecule has 1 aliphatic carbocycles. The number of hydrogen-bond acceptors (Lipinski definition) is 5. The van der Waals surface area contributed by atoms with E-state index in [0.29, 0.717) is 29.2 Å². The fourth-order valence-corrected chi connectivity index (χ4v) is 3.03. The summed E-state index contributed by atoms with van der Waals surface area (Å²) in [7, 11) is 1.57. The van der Waals surface area contributed by atoms with E-state index in [9.17, 15) is 9.90 Å².